The van der Waals surface area contributed by atoms with Crippen molar-refractivity contribution in [2.75, 3.05) is 7.11 Å². The van der Waals surface area contributed by atoms with Gasteiger partial charge >= 0.3 is 5.97 Å². The Balaban J connectivity index is 2.85. The molecule has 17 heavy (non-hydrogen) atoms. The number of rotatable bonds is 1. The number of hydrogen-bond acceptors (Lipinski definition) is 4. The van der Waals surface area contributed by atoms with Gasteiger partial charge in [0.2, 0.25) is 5.43 Å². The minimum Gasteiger partial charge on any atom is -0.465 e. The van der Waals surface area contributed by atoms with Crippen LogP contribution in [0.25, 0.3) is 11.0 Å². The SMILES string of the molecule is COC(=O)c1coc2c(Cl)cc(Cl)cc2c1=O. The van der Waals surface area contributed by atoms with E-state index in [0.29, 0.717) is 0 Å². The van der Waals surface area contributed by atoms with Crippen molar-refractivity contribution in [3.8, 4) is 0 Å². The summed E-state index contributed by atoms with van der Waals surface area (Å²) in [6.45, 7) is 0. The van der Waals surface area contributed by atoms with E-state index in [-0.39, 0.29) is 26.6 Å². The third-order valence-corrected chi connectivity index (χ3v) is 2.70. The van der Waals surface area contributed by atoms with Gasteiger partial charge in [0.05, 0.1) is 17.5 Å². The molecule has 0 radical (unpaired) electrons. The van der Waals surface area contributed by atoms with Gasteiger partial charge in [-0.3, -0.25) is 4.79 Å². The van der Waals surface area contributed by atoms with Crippen LogP contribution in [0.5, 0.6) is 0 Å². The summed E-state index contributed by atoms with van der Waals surface area (Å²) in [5.41, 5.74) is -0.533. The molecule has 0 saturated carbocycles. The van der Waals surface area contributed by atoms with Gasteiger partial charge in [-0.25, -0.2) is 4.79 Å². The second-order valence-electron chi connectivity index (χ2n) is 3.23. The highest BCUT2D eigenvalue weighted by atomic mass is 35.5. The van der Waals surface area contributed by atoms with Crippen LogP contribution in [0.1, 0.15) is 10.4 Å². The molecule has 6 heteroatoms. The van der Waals surface area contributed by atoms with Crippen molar-refractivity contribution in [3.05, 3.63) is 44.2 Å². The molecule has 0 bridgehead atoms. The van der Waals surface area contributed by atoms with E-state index >= 15 is 0 Å². The molecule has 0 atom stereocenters. The molecule has 0 fully saturated rings. The van der Waals surface area contributed by atoms with Crippen molar-refractivity contribution in [2.24, 2.45) is 0 Å². The van der Waals surface area contributed by atoms with Gasteiger partial charge in [-0.05, 0) is 12.1 Å². The lowest BCUT2D eigenvalue weighted by molar-refractivity contribution is 0.0597. The summed E-state index contributed by atoms with van der Waals surface area (Å²) in [6.07, 6.45) is 1.02. The van der Waals surface area contributed by atoms with E-state index < -0.39 is 11.4 Å². The molecule has 0 unspecified atom stereocenters. The first-order valence-corrected chi connectivity index (χ1v) is 5.29. The highest BCUT2D eigenvalue weighted by Gasteiger charge is 2.16. The Bertz CT molecular complexity index is 660. The molecule has 1 aromatic carbocycles. The van der Waals surface area contributed by atoms with Crippen LogP contribution in [0.2, 0.25) is 10.0 Å². The maximum Gasteiger partial charge on any atom is 0.345 e. The fourth-order valence-corrected chi connectivity index (χ4v) is 1.95. The summed E-state index contributed by atoms with van der Waals surface area (Å²) >= 11 is 11.6. The number of esters is 1. The van der Waals surface area contributed by atoms with E-state index in [2.05, 4.69) is 4.74 Å². The minimum atomic E-state index is -0.767. The lowest BCUT2D eigenvalue weighted by atomic mass is 10.2. The van der Waals surface area contributed by atoms with Crippen molar-refractivity contribution in [1.82, 2.24) is 0 Å². The Labute approximate surface area is 106 Å². The number of ether oxygens (including phenoxy) is 1. The molecule has 0 aliphatic rings. The van der Waals surface area contributed by atoms with Crippen molar-refractivity contribution >= 4 is 40.1 Å². The molecule has 0 N–H and O–H groups in total. The zero-order valence-corrected chi connectivity index (χ0v) is 10.1. The van der Waals surface area contributed by atoms with Gasteiger partial charge in [-0.1, -0.05) is 23.2 Å². The second-order valence-corrected chi connectivity index (χ2v) is 4.08. The smallest absolute Gasteiger partial charge is 0.345 e. The number of methoxy groups -OCH3 is 1. The van der Waals surface area contributed by atoms with E-state index in [0.717, 1.165) is 6.26 Å². The molecule has 0 aliphatic heterocycles. The highest BCUT2D eigenvalue weighted by molar-refractivity contribution is 6.38. The van der Waals surface area contributed by atoms with Crippen LogP contribution in [0, 0.1) is 0 Å². The number of carbonyl (C=O) groups excluding carboxylic acids is 1. The van der Waals surface area contributed by atoms with Crippen molar-refractivity contribution in [1.29, 1.82) is 0 Å². The standard InChI is InChI=1S/C11H6Cl2O4/c1-16-11(15)7-4-17-10-6(9(7)14)2-5(12)3-8(10)13/h2-4H,1H3. The summed E-state index contributed by atoms with van der Waals surface area (Å²) in [5, 5.41) is 0.642. The fraction of sp³-hybridized carbons (Fsp3) is 0.0909. The summed E-state index contributed by atoms with van der Waals surface area (Å²) in [5.74, 6) is -0.767. The molecule has 88 valence electrons. The first-order valence-electron chi connectivity index (χ1n) is 4.53. The average molecular weight is 273 g/mol. The van der Waals surface area contributed by atoms with Crippen LogP contribution in [0.3, 0.4) is 0 Å². The van der Waals surface area contributed by atoms with E-state index in [1.165, 1.54) is 19.2 Å². The highest BCUT2D eigenvalue weighted by Crippen LogP contribution is 2.26. The van der Waals surface area contributed by atoms with Gasteiger partial charge in [0.25, 0.3) is 0 Å². The first kappa shape index (κ1) is 12.0. The zero-order valence-electron chi connectivity index (χ0n) is 8.62. The van der Waals surface area contributed by atoms with Crippen molar-refractivity contribution in [3.63, 3.8) is 0 Å². The largest absolute Gasteiger partial charge is 0.465 e. The summed E-state index contributed by atoms with van der Waals surface area (Å²) in [7, 11) is 1.18. The molecule has 0 spiro atoms. The lowest BCUT2D eigenvalue weighted by Crippen LogP contribution is -2.15. The third-order valence-electron chi connectivity index (χ3n) is 2.20. The molecule has 2 aromatic rings. The van der Waals surface area contributed by atoms with Gasteiger partial charge in [0.15, 0.2) is 5.58 Å². The predicted molar refractivity (Wildman–Crippen MR) is 63.8 cm³/mol. The number of benzene rings is 1. The average Bonchev–Trinajstić information content (AvgIpc) is 2.29. The van der Waals surface area contributed by atoms with Crippen LogP contribution in [-0.2, 0) is 4.74 Å². The van der Waals surface area contributed by atoms with Gasteiger partial charge < -0.3 is 9.15 Å². The van der Waals surface area contributed by atoms with E-state index in [4.69, 9.17) is 27.6 Å². The molecule has 0 amide bonds. The Hall–Kier alpha value is -1.52. The van der Waals surface area contributed by atoms with Crippen LogP contribution < -0.4 is 5.43 Å². The van der Waals surface area contributed by atoms with E-state index in [1.807, 2.05) is 0 Å². The number of hydrogen-bond donors (Lipinski definition) is 0. The van der Waals surface area contributed by atoms with Gasteiger partial charge in [-0.2, -0.15) is 0 Å². The summed E-state index contributed by atoms with van der Waals surface area (Å²) in [4.78, 5) is 23.3. The maximum atomic E-state index is 12.0. The summed E-state index contributed by atoms with van der Waals surface area (Å²) in [6, 6.07) is 2.84. The molecular formula is C11H6Cl2O4. The lowest BCUT2D eigenvalue weighted by Gasteiger charge is -2.02. The normalized spacial score (nSPS) is 10.5. The maximum absolute atomic E-state index is 12.0. The fourth-order valence-electron chi connectivity index (χ4n) is 1.42. The summed E-state index contributed by atoms with van der Waals surface area (Å²) < 4.78 is 9.60. The molecule has 1 heterocycles. The van der Waals surface area contributed by atoms with Gasteiger partial charge in [0, 0.05) is 5.02 Å². The van der Waals surface area contributed by atoms with Crippen LogP contribution in [0.4, 0.5) is 0 Å². The van der Waals surface area contributed by atoms with E-state index in [9.17, 15) is 9.59 Å². The minimum absolute atomic E-state index is 0.144. The second kappa shape index (κ2) is 4.39. The Kier molecular flexibility index (Phi) is 3.09. The monoisotopic (exact) mass is 272 g/mol. The molecule has 2 rings (SSSR count). The number of halogens is 2. The van der Waals surface area contributed by atoms with Crippen LogP contribution in [-0.4, -0.2) is 13.1 Å². The zero-order chi connectivity index (χ0) is 12.6. The van der Waals surface area contributed by atoms with Crippen LogP contribution in [0.15, 0.2) is 27.6 Å². The van der Waals surface area contributed by atoms with Crippen LogP contribution >= 0.6 is 23.2 Å². The molecule has 1 aromatic heterocycles. The van der Waals surface area contributed by atoms with Crippen molar-refractivity contribution in [2.45, 2.75) is 0 Å². The Morgan fingerprint density at radius 1 is 1.35 bits per heavy atom. The third kappa shape index (κ3) is 2.01. The molecule has 4 nitrogen and oxygen atoms in total. The first-order chi connectivity index (χ1) is 8.04. The molecule has 0 saturated heterocycles. The molecular weight excluding hydrogens is 267 g/mol. The van der Waals surface area contributed by atoms with Gasteiger partial charge in [0.1, 0.15) is 11.8 Å². The number of carbonyl (C=O) groups is 1. The number of fused-ring (bicyclic) bond motifs is 1. The predicted octanol–water partition coefficient (Wildman–Crippen LogP) is 2.89. The van der Waals surface area contributed by atoms with Crippen molar-refractivity contribution < 1.29 is 13.9 Å². The molecule has 0 aliphatic carbocycles. The quantitative estimate of drug-likeness (QED) is 0.749. The Morgan fingerprint density at radius 3 is 2.71 bits per heavy atom. The van der Waals surface area contributed by atoms with E-state index in [1.54, 1.807) is 0 Å². The van der Waals surface area contributed by atoms with Gasteiger partial charge in [-0.15, -0.1) is 0 Å². The topological polar surface area (TPSA) is 56.5 Å². The Morgan fingerprint density at radius 2 is 2.06 bits per heavy atom.